The first-order valence-corrected chi connectivity index (χ1v) is 24.5. The molecule has 57 heavy (non-hydrogen) atoms. The molecule has 0 radical (unpaired) electrons. The summed E-state index contributed by atoms with van der Waals surface area (Å²) >= 11 is 2.85. The van der Waals surface area contributed by atoms with Crippen molar-refractivity contribution in [2.75, 3.05) is 26.7 Å². The van der Waals surface area contributed by atoms with Crippen molar-refractivity contribution < 1.29 is 28.9 Å². The second-order valence-corrected chi connectivity index (χ2v) is 23.3. The predicted molar refractivity (Wildman–Crippen MR) is 232 cm³/mol. The standard InChI is InChI=1S/C44H57N3O7S2Si/c1-43(2,3)57(5,6)54-37(34-20-22-36(48)41-35(34)21-23-40(49)46-41)29-45-28-30-12-16-32(17-13-30)52-25-9-24-47(4)31-14-18-33(19-15-31)53-44(42(50)51,38-10-7-26-55-38)39-11-8-27-56-39/h7-8,10-13,16-17,20-23,26-27,31,33,37,45,48H,9,14-15,18-19,24-25,28-29H2,1-6H3,(H,46,49)(H,50,51)/t31?,33?,37-/m0/s1. The zero-order chi connectivity index (χ0) is 40.8. The van der Waals surface area contributed by atoms with Crippen LogP contribution in [0.5, 0.6) is 11.5 Å². The highest BCUT2D eigenvalue weighted by Crippen LogP contribution is 2.43. The van der Waals surface area contributed by atoms with Gasteiger partial charge in [0, 0.05) is 37.1 Å². The summed E-state index contributed by atoms with van der Waals surface area (Å²) in [4.78, 5) is 31.5. The number of nitrogens with zero attached hydrogens (tertiary/aromatic N) is 1. The molecule has 10 nitrogen and oxygen atoms in total. The number of phenols is 1. The second kappa shape index (κ2) is 18.4. The number of pyridine rings is 1. The van der Waals surface area contributed by atoms with Crippen molar-refractivity contribution in [3.8, 4) is 11.5 Å². The molecule has 6 rings (SSSR count). The molecule has 13 heteroatoms. The van der Waals surface area contributed by atoms with Gasteiger partial charge in [-0.05, 0) is 116 Å². The van der Waals surface area contributed by atoms with Crippen LogP contribution in [0.3, 0.4) is 0 Å². The average Bonchev–Trinajstić information content (AvgIpc) is 3.92. The summed E-state index contributed by atoms with van der Waals surface area (Å²) in [6, 6.07) is 22.9. The number of aromatic hydroxyl groups is 1. The number of fused-ring (bicyclic) bond motifs is 1. The summed E-state index contributed by atoms with van der Waals surface area (Å²) in [5, 5.41) is 29.2. The molecule has 0 amide bonds. The summed E-state index contributed by atoms with van der Waals surface area (Å²) in [6.45, 7) is 13.8. The largest absolute Gasteiger partial charge is 0.506 e. The fraction of sp³-hybridized carbons (Fsp3) is 0.455. The van der Waals surface area contributed by atoms with Crippen LogP contribution in [0.25, 0.3) is 10.9 Å². The maximum absolute atomic E-state index is 12.8. The molecular formula is C44H57N3O7S2Si. The Hall–Kier alpha value is -3.82. The zero-order valence-electron chi connectivity index (χ0n) is 33.9. The van der Waals surface area contributed by atoms with Gasteiger partial charge in [-0.15, -0.1) is 22.7 Å². The number of H-pyrrole nitrogens is 1. The van der Waals surface area contributed by atoms with Crippen LogP contribution in [0, 0.1) is 0 Å². The predicted octanol–water partition coefficient (Wildman–Crippen LogP) is 9.27. The highest BCUT2D eigenvalue weighted by atomic mass is 32.1. The van der Waals surface area contributed by atoms with E-state index in [4.69, 9.17) is 13.9 Å². The Morgan fingerprint density at radius 2 is 1.63 bits per heavy atom. The molecule has 0 saturated heterocycles. The molecule has 0 aliphatic heterocycles. The highest BCUT2D eigenvalue weighted by Gasteiger charge is 2.48. The van der Waals surface area contributed by atoms with Gasteiger partial charge in [-0.25, -0.2) is 4.79 Å². The molecule has 1 aliphatic carbocycles. The first-order valence-electron chi connectivity index (χ1n) is 19.8. The third-order valence-electron chi connectivity index (χ3n) is 11.7. The number of phenolic OH excluding ortho intramolecular Hbond substituents is 1. The molecule has 1 fully saturated rings. The number of benzene rings is 2. The molecule has 5 aromatic rings. The van der Waals surface area contributed by atoms with Gasteiger partial charge in [-0.3, -0.25) is 4.79 Å². The van der Waals surface area contributed by atoms with Gasteiger partial charge >= 0.3 is 5.97 Å². The molecule has 2 aromatic carbocycles. The SMILES string of the molecule is CN(CCCOc1ccc(CNC[C@H](O[Si](C)(C)C(C)(C)C)c2ccc(O)c3[nH]c(=O)ccc23)cc1)C1CCC(OC(C(=O)O)(c2cccs2)c2cccs2)CC1. The van der Waals surface area contributed by atoms with E-state index in [-0.39, 0.29) is 28.6 Å². The third-order valence-corrected chi connectivity index (χ3v) is 18.1. The monoisotopic (exact) mass is 831 g/mol. The number of hydrogen-bond donors (Lipinski definition) is 4. The number of carbonyl (C=O) groups is 1. The Labute approximate surface area is 345 Å². The van der Waals surface area contributed by atoms with Gasteiger partial charge in [0.05, 0.1) is 34.1 Å². The average molecular weight is 832 g/mol. The molecule has 0 unspecified atom stereocenters. The Morgan fingerprint density at radius 3 is 2.23 bits per heavy atom. The molecule has 0 bridgehead atoms. The molecule has 1 atom stereocenters. The van der Waals surface area contributed by atoms with Crippen LogP contribution in [0.4, 0.5) is 0 Å². The van der Waals surface area contributed by atoms with Crippen molar-refractivity contribution >= 4 is 47.9 Å². The van der Waals surface area contributed by atoms with Gasteiger partial charge in [-0.2, -0.15) is 0 Å². The van der Waals surface area contributed by atoms with Crippen molar-refractivity contribution in [3.63, 3.8) is 0 Å². The van der Waals surface area contributed by atoms with E-state index in [0.29, 0.717) is 41.0 Å². The number of carboxylic acids is 1. The van der Waals surface area contributed by atoms with Crippen LogP contribution in [-0.2, 0) is 26.1 Å². The summed E-state index contributed by atoms with van der Waals surface area (Å²) in [7, 11) is -0.0150. The van der Waals surface area contributed by atoms with E-state index in [9.17, 15) is 19.8 Å². The topological polar surface area (TPSA) is 133 Å². The quantitative estimate of drug-likeness (QED) is 0.0504. The molecule has 4 N–H and O–H groups in total. The summed E-state index contributed by atoms with van der Waals surface area (Å²) in [5.41, 5.74) is 0.745. The molecule has 1 saturated carbocycles. The first kappa shape index (κ1) is 42.8. The van der Waals surface area contributed by atoms with Crippen molar-refractivity contribution in [2.24, 2.45) is 0 Å². The number of carboxylic acid groups (broad SMARTS) is 1. The van der Waals surface area contributed by atoms with E-state index in [1.54, 1.807) is 12.1 Å². The smallest absolute Gasteiger partial charge is 0.347 e. The number of aliphatic carboxylic acids is 1. The summed E-state index contributed by atoms with van der Waals surface area (Å²) in [6.07, 6.45) is 4.03. The van der Waals surface area contributed by atoms with E-state index in [1.807, 2.05) is 53.2 Å². The number of hydrogen-bond acceptors (Lipinski definition) is 10. The lowest BCUT2D eigenvalue weighted by molar-refractivity contribution is -0.170. The maximum atomic E-state index is 12.8. The molecule has 306 valence electrons. The lowest BCUT2D eigenvalue weighted by Crippen LogP contribution is -2.44. The van der Waals surface area contributed by atoms with Crippen LogP contribution < -0.4 is 15.6 Å². The fourth-order valence-electron chi connectivity index (χ4n) is 7.34. The number of ether oxygens (including phenoxy) is 2. The van der Waals surface area contributed by atoms with Gasteiger partial charge in [0.1, 0.15) is 11.5 Å². The maximum Gasteiger partial charge on any atom is 0.347 e. The number of aromatic nitrogens is 1. The van der Waals surface area contributed by atoms with Crippen LogP contribution in [0.2, 0.25) is 18.1 Å². The Bertz CT molecular complexity index is 2070. The number of aromatic amines is 1. The number of thiophene rings is 2. The minimum atomic E-state index is -2.18. The molecule has 1 aliphatic rings. The molecule has 3 aromatic heterocycles. The van der Waals surface area contributed by atoms with Crippen LogP contribution >= 0.6 is 22.7 Å². The van der Waals surface area contributed by atoms with Crippen LogP contribution in [0.15, 0.2) is 88.4 Å². The molecular weight excluding hydrogens is 775 g/mol. The van der Waals surface area contributed by atoms with Gasteiger partial charge < -0.3 is 39.3 Å². The van der Waals surface area contributed by atoms with Gasteiger partial charge in [-0.1, -0.05) is 51.1 Å². The van der Waals surface area contributed by atoms with Crippen LogP contribution in [-0.4, -0.2) is 73.3 Å². The van der Waals surface area contributed by atoms with Crippen molar-refractivity contribution in [3.05, 3.63) is 115 Å². The fourth-order valence-corrected chi connectivity index (χ4v) is 10.4. The normalized spacial score (nSPS) is 17.2. The zero-order valence-corrected chi connectivity index (χ0v) is 36.5. The van der Waals surface area contributed by atoms with Crippen molar-refractivity contribution in [1.82, 2.24) is 15.2 Å². The van der Waals surface area contributed by atoms with Gasteiger partial charge in [0.2, 0.25) is 11.2 Å². The summed E-state index contributed by atoms with van der Waals surface area (Å²) < 4.78 is 19.6. The minimum Gasteiger partial charge on any atom is -0.506 e. The Kier molecular flexibility index (Phi) is 13.8. The van der Waals surface area contributed by atoms with E-state index >= 15 is 0 Å². The third kappa shape index (κ3) is 10.1. The van der Waals surface area contributed by atoms with Crippen LogP contribution in [0.1, 0.15) is 79.9 Å². The van der Waals surface area contributed by atoms with Gasteiger partial charge in [0.25, 0.3) is 0 Å². The highest BCUT2D eigenvalue weighted by molar-refractivity contribution is 7.12. The van der Waals surface area contributed by atoms with E-state index in [1.165, 1.54) is 28.7 Å². The number of nitrogens with one attached hydrogen (secondary N) is 2. The van der Waals surface area contributed by atoms with E-state index in [0.717, 1.165) is 60.9 Å². The molecule has 0 spiro atoms. The van der Waals surface area contributed by atoms with E-state index < -0.39 is 19.9 Å². The van der Waals surface area contributed by atoms with Gasteiger partial charge in [0.15, 0.2) is 8.32 Å². The molecule has 3 heterocycles. The van der Waals surface area contributed by atoms with Crippen molar-refractivity contribution in [2.45, 2.75) is 101 Å². The minimum absolute atomic E-state index is 0.000417. The van der Waals surface area contributed by atoms with E-state index in [2.05, 4.69) is 68.2 Å². The second-order valence-electron chi connectivity index (χ2n) is 16.6. The first-order chi connectivity index (χ1) is 27.2. The Morgan fingerprint density at radius 1 is 0.965 bits per heavy atom. The Balaban J connectivity index is 0.964. The number of rotatable bonds is 18. The lowest BCUT2D eigenvalue weighted by atomic mass is 9.90. The summed E-state index contributed by atoms with van der Waals surface area (Å²) in [5.74, 6) is -0.0903. The van der Waals surface area contributed by atoms with Crippen molar-refractivity contribution in [1.29, 1.82) is 0 Å². The lowest BCUT2D eigenvalue weighted by Gasteiger charge is -2.39.